The molecule has 1 fully saturated rings. The fourth-order valence-corrected chi connectivity index (χ4v) is 2.58. The molecular formula is C15H23N3O2. The highest BCUT2D eigenvalue weighted by Gasteiger charge is 2.21. The predicted molar refractivity (Wildman–Crippen MR) is 77.6 cm³/mol. The zero-order valence-corrected chi connectivity index (χ0v) is 12.2. The second-order valence-corrected chi connectivity index (χ2v) is 5.36. The first-order valence-electron chi connectivity index (χ1n) is 7.21. The molecule has 0 saturated carbocycles. The van der Waals surface area contributed by atoms with E-state index >= 15 is 0 Å². The van der Waals surface area contributed by atoms with Gasteiger partial charge in [0.25, 0.3) is 5.91 Å². The van der Waals surface area contributed by atoms with Crippen molar-refractivity contribution < 1.29 is 9.53 Å². The first-order chi connectivity index (χ1) is 9.65. The summed E-state index contributed by atoms with van der Waals surface area (Å²) in [5, 5.41) is 2.94. The topological polar surface area (TPSA) is 54.5 Å². The fourth-order valence-electron chi connectivity index (χ4n) is 2.58. The van der Waals surface area contributed by atoms with Crippen LogP contribution in [0.25, 0.3) is 0 Å². The summed E-state index contributed by atoms with van der Waals surface area (Å²) in [4.78, 5) is 18.1. The molecule has 0 bridgehead atoms. The summed E-state index contributed by atoms with van der Waals surface area (Å²) in [6, 6.07) is 3.45. The molecule has 5 nitrogen and oxygen atoms in total. The van der Waals surface area contributed by atoms with Crippen molar-refractivity contribution in [1.29, 1.82) is 0 Å². The largest absolute Gasteiger partial charge is 0.373 e. The molecule has 0 aliphatic carbocycles. The average Bonchev–Trinajstić information content (AvgIpc) is 2.43. The first kappa shape index (κ1) is 14.9. The van der Waals surface area contributed by atoms with Crippen LogP contribution in [0.2, 0.25) is 0 Å². The lowest BCUT2D eigenvalue weighted by Gasteiger charge is -2.35. The average molecular weight is 277 g/mol. The maximum Gasteiger partial charge on any atom is 0.251 e. The summed E-state index contributed by atoms with van der Waals surface area (Å²) < 4.78 is 5.70. The summed E-state index contributed by atoms with van der Waals surface area (Å²) in [5.41, 5.74) is 0.661. The highest BCUT2D eigenvalue weighted by atomic mass is 16.5. The number of aromatic nitrogens is 1. The molecule has 1 saturated heterocycles. The predicted octanol–water partition coefficient (Wildman–Crippen LogP) is 1.31. The normalized spacial score (nSPS) is 23.5. The number of amides is 1. The minimum atomic E-state index is -0.0314. The Bertz CT molecular complexity index is 414. The zero-order valence-electron chi connectivity index (χ0n) is 12.2. The van der Waals surface area contributed by atoms with Gasteiger partial charge in [-0.3, -0.25) is 14.7 Å². The Labute approximate surface area is 120 Å². The molecule has 1 amide bonds. The lowest BCUT2D eigenvalue weighted by atomic mass is 10.2. The van der Waals surface area contributed by atoms with Crippen molar-refractivity contribution in [2.75, 3.05) is 26.2 Å². The molecular weight excluding hydrogens is 254 g/mol. The summed E-state index contributed by atoms with van der Waals surface area (Å²) in [6.07, 6.45) is 4.81. The fraction of sp³-hybridized carbons (Fsp3) is 0.600. The smallest absolute Gasteiger partial charge is 0.251 e. The number of morpholine rings is 1. The van der Waals surface area contributed by atoms with Crippen molar-refractivity contribution in [1.82, 2.24) is 15.2 Å². The molecule has 2 atom stereocenters. The SMILES string of the molecule is C[C@@H]1CN(CCCNC(=O)c2ccncc2)C[C@H](C)O1. The molecule has 0 radical (unpaired) electrons. The summed E-state index contributed by atoms with van der Waals surface area (Å²) in [5.74, 6) is -0.0314. The molecule has 5 heteroatoms. The third-order valence-corrected chi connectivity index (χ3v) is 3.37. The highest BCUT2D eigenvalue weighted by Crippen LogP contribution is 2.10. The Kier molecular flexibility index (Phi) is 5.49. The van der Waals surface area contributed by atoms with E-state index in [2.05, 4.69) is 29.0 Å². The van der Waals surface area contributed by atoms with Gasteiger partial charge in [0.15, 0.2) is 0 Å². The lowest BCUT2D eigenvalue weighted by molar-refractivity contribution is -0.0679. The van der Waals surface area contributed by atoms with Gasteiger partial charge in [0.05, 0.1) is 12.2 Å². The van der Waals surface area contributed by atoms with Crippen molar-refractivity contribution in [3.8, 4) is 0 Å². The number of rotatable bonds is 5. The van der Waals surface area contributed by atoms with Crippen LogP contribution < -0.4 is 5.32 Å². The van der Waals surface area contributed by atoms with E-state index in [9.17, 15) is 4.79 Å². The molecule has 1 aromatic heterocycles. The molecule has 1 aromatic rings. The van der Waals surface area contributed by atoms with Crippen LogP contribution in [0.4, 0.5) is 0 Å². The Balaban J connectivity index is 1.65. The van der Waals surface area contributed by atoms with Crippen LogP contribution in [0.5, 0.6) is 0 Å². The molecule has 0 aromatic carbocycles. The monoisotopic (exact) mass is 277 g/mol. The lowest BCUT2D eigenvalue weighted by Crippen LogP contribution is -2.46. The van der Waals surface area contributed by atoms with Gasteiger partial charge in [-0.1, -0.05) is 0 Å². The molecule has 20 heavy (non-hydrogen) atoms. The number of hydrogen-bond donors (Lipinski definition) is 1. The van der Waals surface area contributed by atoms with Gasteiger partial charge in [-0.2, -0.15) is 0 Å². The van der Waals surface area contributed by atoms with Crippen molar-refractivity contribution in [2.24, 2.45) is 0 Å². The maximum absolute atomic E-state index is 11.8. The van der Waals surface area contributed by atoms with Crippen LogP contribution in [0.15, 0.2) is 24.5 Å². The zero-order chi connectivity index (χ0) is 14.4. The van der Waals surface area contributed by atoms with Gasteiger partial charge in [0.2, 0.25) is 0 Å². The Morgan fingerprint density at radius 3 is 2.65 bits per heavy atom. The van der Waals surface area contributed by atoms with Gasteiger partial charge in [0, 0.05) is 44.1 Å². The van der Waals surface area contributed by atoms with E-state index in [1.165, 1.54) is 0 Å². The number of pyridine rings is 1. The van der Waals surface area contributed by atoms with Crippen LogP contribution >= 0.6 is 0 Å². The van der Waals surface area contributed by atoms with Crippen molar-refractivity contribution in [2.45, 2.75) is 32.5 Å². The molecule has 2 rings (SSSR count). The second-order valence-electron chi connectivity index (χ2n) is 5.36. The van der Waals surface area contributed by atoms with E-state index in [4.69, 9.17) is 4.74 Å². The van der Waals surface area contributed by atoms with Crippen LogP contribution in [-0.2, 0) is 4.74 Å². The minimum absolute atomic E-state index is 0.0314. The van der Waals surface area contributed by atoms with E-state index < -0.39 is 0 Å². The quantitative estimate of drug-likeness (QED) is 0.825. The maximum atomic E-state index is 11.8. The number of nitrogens with one attached hydrogen (secondary N) is 1. The highest BCUT2D eigenvalue weighted by molar-refractivity contribution is 5.93. The van der Waals surface area contributed by atoms with E-state index in [1.807, 2.05) is 0 Å². The Morgan fingerprint density at radius 1 is 1.35 bits per heavy atom. The Hall–Kier alpha value is -1.46. The van der Waals surface area contributed by atoms with E-state index in [1.54, 1.807) is 24.5 Å². The summed E-state index contributed by atoms with van der Waals surface area (Å²) in [7, 11) is 0. The van der Waals surface area contributed by atoms with Gasteiger partial charge in [-0.15, -0.1) is 0 Å². The van der Waals surface area contributed by atoms with Gasteiger partial charge in [0.1, 0.15) is 0 Å². The van der Waals surface area contributed by atoms with Gasteiger partial charge in [-0.05, 0) is 32.4 Å². The third kappa shape index (κ3) is 4.58. The molecule has 0 unspecified atom stereocenters. The molecule has 0 spiro atoms. The van der Waals surface area contributed by atoms with Crippen molar-refractivity contribution >= 4 is 5.91 Å². The number of carbonyl (C=O) groups is 1. The van der Waals surface area contributed by atoms with Gasteiger partial charge in [-0.25, -0.2) is 0 Å². The minimum Gasteiger partial charge on any atom is -0.373 e. The van der Waals surface area contributed by atoms with E-state index in [-0.39, 0.29) is 5.91 Å². The van der Waals surface area contributed by atoms with Gasteiger partial charge >= 0.3 is 0 Å². The van der Waals surface area contributed by atoms with E-state index in [0.29, 0.717) is 24.3 Å². The van der Waals surface area contributed by atoms with Crippen LogP contribution in [0.1, 0.15) is 30.6 Å². The Morgan fingerprint density at radius 2 is 2.00 bits per heavy atom. The summed E-state index contributed by atoms with van der Waals surface area (Å²) in [6.45, 7) is 7.85. The molecule has 1 aliphatic heterocycles. The molecule has 1 aliphatic rings. The third-order valence-electron chi connectivity index (χ3n) is 3.37. The first-order valence-corrected chi connectivity index (χ1v) is 7.21. The van der Waals surface area contributed by atoms with Crippen LogP contribution in [0.3, 0.4) is 0 Å². The van der Waals surface area contributed by atoms with Gasteiger partial charge < -0.3 is 10.1 Å². The second kappa shape index (κ2) is 7.36. The van der Waals surface area contributed by atoms with Crippen LogP contribution in [-0.4, -0.2) is 54.2 Å². The molecule has 110 valence electrons. The number of nitrogens with zero attached hydrogens (tertiary/aromatic N) is 2. The standard InChI is InChI=1S/C15H23N3O2/c1-12-10-18(11-13(2)20-12)9-3-6-17-15(19)14-4-7-16-8-5-14/h4-5,7-8,12-13H,3,6,9-11H2,1-2H3,(H,17,19)/t12-,13+. The van der Waals surface area contributed by atoms with Crippen LogP contribution in [0, 0.1) is 0 Å². The van der Waals surface area contributed by atoms with E-state index in [0.717, 1.165) is 26.1 Å². The van der Waals surface area contributed by atoms with Crippen molar-refractivity contribution in [3.05, 3.63) is 30.1 Å². The molecule has 2 heterocycles. The molecule has 1 N–H and O–H groups in total. The summed E-state index contributed by atoms with van der Waals surface area (Å²) >= 11 is 0. The van der Waals surface area contributed by atoms with Crippen molar-refractivity contribution in [3.63, 3.8) is 0 Å². The number of carbonyl (C=O) groups excluding carboxylic acids is 1. The number of ether oxygens (including phenoxy) is 1. The number of hydrogen-bond acceptors (Lipinski definition) is 4.